The van der Waals surface area contributed by atoms with Crippen LogP contribution >= 0.6 is 0 Å². The molecule has 2 rings (SSSR count). The number of carbonyl (C=O) groups is 2. The molecule has 2 atom stereocenters. The van der Waals surface area contributed by atoms with Crippen LogP contribution in [0.25, 0.3) is 0 Å². The molecule has 162 valence electrons. The zero-order chi connectivity index (χ0) is 21.8. The lowest BCUT2D eigenvalue weighted by Gasteiger charge is -2.23. The highest BCUT2D eigenvalue weighted by atomic mass is 16.6. The Morgan fingerprint density at radius 3 is 2.07 bits per heavy atom. The minimum atomic E-state index is -0.621. The van der Waals surface area contributed by atoms with E-state index in [9.17, 15) is 9.59 Å². The molecule has 2 amide bonds. The van der Waals surface area contributed by atoms with E-state index < -0.39 is 6.04 Å². The number of hydroxylamine groups is 1. The second kappa shape index (κ2) is 12.8. The first-order valence-electron chi connectivity index (χ1n) is 10.4. The Morgan fingerprint density at radius 1 is 0.900 bits per heavy atom. The van der Waals surface area contributed by atoms with Crippen molar-refractivity contribution in [2.45, 2.75) is 39.3 Å². The highest BCUT2D eigenvalue weighted by molar-refractivity contribution is 5.88. The smallest absolute Gasteiger partial charge is 0.242 e. The molecule has 0 fully saturated rings. The predicted octanol–water partition coefficient (Wildman–Crippen LogP) is 2.84. The molecule has 0 saturated carbocycles. The lowest BCUT2D eigenvalue weighted by molar-refractivity contribution is -0.132. The van der Waals surface area contributed by atoms with Crippen LogP contribution in [0.3, 0.4) is 0 Å². The van der Waals surface area contributed by atoms with Gasteiger partial charge in [0, 0.05) is 20.0 Å². The third-order valence-electron chi connectivity index (χ3n) is 4.80. The molecule has 0 spiro atoms. The van der Waals surface area contributed by atoms with Crippen LogP contribution < -0.4 is 16.1 Å². The molecule has 6 nitrogen and oxygen atoms in total. The number of likely N-dealkylation sites (N-methyl/N-ethyl adjacent to an activating group) is 1. The first-order valence-corrected chi connectivity index (χ1v) is 10.4. The van der Waals surface area contributed by atoms with Crippen LogP contribution in [0.2, 0.25) is 0 Å². The molecule has 6 heteroatoms. The molecule has 0 heterocycles. The van der Waals surface area contributed by atoms with Crippen molar-refractivity contribution in [3.8, 4) is 0 Å². The van der Waals surface area contributed by atoms with Gasteiger partial charge in [-0.05, 0) is 23.5 Å². The summed E-state index contributed by atoms with van der Waals surface area (Å²) in [6.07, 6.45) is 1.14. The highest BCUT2D eigenvalue weighted by Gasteiger charge is 2.26. The molecular weight excluding hydrogens is 378 g/mol. The largest absolute Gasteiger partial charge is 0.357 e. The van der Waals surface area contributed by atoms with E-state index in [0.717, 1.165) is 11.1 Å². The number of amides is 2. The Hall–Kier alpha value is -2.70. The van der Waals surface area contributed by atoms with Crippen LogP contribution in [0.15, 0.2) is 60.7 Å². The van der Waals surface area contributed by atoms with Gasteiger partial charge in [-0.15, -0.1) is 0 Å². The van der Waals surface area contributed by atoms with E-state index in [-0.39, 0.29) is 17.7 Å². The van der Waals surface area contributed by atoms with Crippen LogP contribution in [0.5, 0.6) is 0 Å². The average molecular weight is 412 g/mol. The second-order valence-electron chi connectivity index (χ2n) is 7.81. The molecule has 0 aliphatic rings. The predicted molar refractivity (Wildman–Crippen MR) is 118 cm³/mol. The van der Waals surface area contributed by atoms with Crippen LogP contribution in [0.1, 0.15) is 31.4 Å². The first-order chi connectivity index (χ1) is 14.5. The summed E-state index contributed by atoms with van der Waals surface area (Å²) in [5.74, 6) is -0.319. The molecule has 3 N–H and O–H groups in total. The lowest BCUT2D eigenvalue weighted by atomic mass is 9.95. The van der Waals surface area contributed by atoms with Crippen molar-refractivity contribution >= 4 is 11.8 Å². The first kappa shape index (κ1) is 23.6. The number of rotatable bonds is 12. The van der Waals surface area contributed by atoms with Gasteiger partial charge in [0.15, 0.2) is 0 Å². The summed E-state index contributed by atoms with van der Waals surface area (Å²) in [5.41, 5.74) is 4.97. The van der Waals surface area contributed by atoms with Gasteiger partial charge in [-0.1, -0.05) is 74.5 Å². The highest BCUT2D eigenvalue weighted by Crippen LogP contribution is 2.13. The van der Waals surface area contributed by atoms with Crippen molar-refractivity contribution < 1.29 is 14.4 Å². The summed E-state index contributed by atoms with van der Waals surface area (Å²) in [6, 6.07) is 18.9. The zero-order valence-corrected chi connectivity index (χ0v) is 18.1. The summed E-state index contributed by atoms with van der Waals surface area (Å²) in [4.78, 5) is 30.9. The maximum absolute atomic E-state index is 13.0. The maximum atomic E-state index is 13.0. The normalized spacial score (nSPS) is 12.9. The van der Waals surface area contributed by atoms with Gasteiger partial charge >= 0.3 is 0 Å². The molecule has 0 aromatic heterocycles. The van der Waals surface area contributed by atoms with Gasteiger partial charge in [0.2, 0.25) is 11.8 Å². The fraction of sp³-hybridized carbons (Fsp3) is 0.417. The summed E-state index contributed by atoms with van der Waals surface area (Å²) in [6.45, 7) is 4.95. The topological polar surface area (TPSA) is 79.5 Å². The summed E-state index contributed by atoms with van der Waals surface area (Å²) >= 11 is 0. The molecule has 0 aliphatic heterocycles. The van der Waals surface area contributed by atoms with E-state index in [0.29, 0.717) is 31.9 Å². The van der Waals surface area contributed by atoms with Crippen LogP contribution in [-0.4, -0.2) is 31.4 Å². The van der Waals surface area contributed by atoms with Crippen molar-refractivity contribution in [2.75, 3.05) is 13.6 Å². The standard InChI is InChI=1S/C24H33N3O3/c1-18(2)14-21(16-26-30-17-20-12-8-5-9-13-20)23(28)27-22(24(29)25-3)15-19-10-6-4-7-11-19/h4-13,18,21-22,26H,14-17H2,1-3H3,(H,25,29)(H,27,28)/t21-,22+/m1/s1. The monoisotopic (exact) mass is 411 g/mol. The maximum Gasteiger partial charge on any atom is 0.242 e. The van der Waals surface area contributed by atoms with E-state index in [1.807, 2.05) is 60.7 Å². The van der Waals surface area contributed by atoms with E-state index in [1.165, 1.54) is 0 Å². The quantitative estimate of drug-likeness (QED) is 0.371. The van der Waals surface area contributed by atoms with Crippen molar-refractivity contribution in [3.05, 3.63) is 71.8 Å². The fourth-order valence-corrected chi connectivity index (χ4v) is 3.24. The molecule has 0 saturated heterocycles. The van der Waals surface area contributed by atoms with Gasteiger partial charge in [-0.3, -0.25) is 14.4 Å². The third-order valence-corrected chi connectivity index (χ3v) is 4.80. The number of hydrogen-bond donors (Lipinski definition) is 3. The molecule has 0 aliphatic carbocycles. The zero-order valence-electron chi connectivity index (χ0n) is 18.1. The summed E-state index contributed by atoms with van der Waals surface area (Å²) in [5, 5.41) is 5.58. The van der Waals surface area contributed by atoms with Crippen LogP contribution in [0.4, 0.5) is 0 Å². The molecular formula is C24H33N3O3. The van der Waals surface area contributed by atoms with Crippen LogP contribution in [-0.2, 0) is 27.5 Å². The van der Waals surface area contributed by atoms with Crippen molar-refractivity contribution in [3.63, 3.8) is 0 Å². The summed E-state index contributed by atoms with van der Waals surface area (Å²) in [7, 11) is 1.58. The fourth-order valence-electron chi connectivity index (χ4n) is 3.24. The van der Waals surface area contributed by atoms with Gasteiger partial charge < -0.3 is 10.6 Å². The van der Waals surface area contributed by atoms with Gasteiger partial charge in [0.05, 0.1) is 12.5 Å². The Bertz CT molecular complexity index is 766. The Balaban J connectivity index is 1.94. The van der Waals surface area contributed by atoms with E-state index >= 15 is 0 Å². The summed E-state index contributed by atoms with van der Waals surface area (Å²) < 4.78 is 0. The Kier molecular flexibility index (Phi) is 10.0. The van der Waals surface area contributed by atoms with E-state index in [4.69, 9.17) is 4.84 Å². The minimum Gasteiger partial charge on any atom is -0.357 e. The van der Waals surface area contributed by atoms with Gasteiger partial charge in [-0.2, -0.15) is 0 Å². The molecule has 0 bridgehead atoms. The average Bonchev–Trinajstić information content (AvgIpc) is 2.76. The minimum absolute atomic E-state index is 0.149. The Morgan fingerprint density at radius 2 is 1.50 bits per heavy atom. The number of hydrogen-bond acceptors (Lipinski definition) is 4. The van der Waals surface area contributed by atoms with Gasteiger partial charge in [-0.25, -0.2) is 5.48 Å². The van der Waals surface area contributed by atoms with Crippen LogP contribution in [0, 0.1) is 11.8 Å². The van der Waals surface area contributed by atoms with Crippen molar-refractivity contribution in [1.82, 2.24) is 16.1 Å². The Labute approximate surface area is 179 Å². The number of carbonyl (C=O) groups excluding carboxylic acids is 2. The molecule has 30 heavy (non-hydrogen) atoms. The molecule has 2 aromatic carbocycles. The van der Waals surface area contributed by atoms with E-state index in [2.05, 4.69) is 30.0 Å². The van der Waals surface area contributed by atoms with E-state index in [1.54, 1.807) is 7.05 Å². The number of nitrogens with one attached hydrogen (secondary N) is 3. The van der Waals surface area contributed by atoms with Gasteiger partial charge in [0.1, 0.15) is 6.04 Å². The molecule has 2 aromatic rings. The number of benzene rings is 2. The third kappa shape index (κ3) is 8.35. The van der Waals surface area contributed by atoms with Crippen molar-refractivity contribution in [1.29, 1.82) is 0 Å². The van der Waals surface area contributed by atoms with Gasteiger partial charge in [0.25, 0.3) is 0 Å². The lowest BCUT2D eigenvalue weighted by Crippen LogP contribution is -2.50. The molecule has 0 radical (unpaired) electrons. The molecule has 0 unspecified atom stereocenters. The SMILES string of the molecule is CNC(=O)[C@H](Cc1ccccc1)NC(=O)[C@@H](CNOCc1ccccc1)CC(C)C. The van der Waals surface area contributed by atoms with Crippen molar-refractivity contribution in [2.24, 2.45) is 11.8 Å². The second-order valence-corrected chi connectivity index (χ2v) is 7.81.